The Morgan fingerprint density at radius 2 is 1.90 bits per heavy atom. The van der Waals surface area contributed by atoms with Gasteiger partial charge >= 0.3 is 5.97 Å². The molecule has 4 rings (SSSR count). The SMILES string of the molecule is C[C@@H](Nc1cnc(N2CCCCC2)n(CC(=O)O)c1=O)c1cnc(-c2ccccc2)o1. The van der Waals surface area contributed by atoms with Crippen LogP contribution in [0.1, 0.15) is 38.0 Å². The first kappa shape index (κ1) is 20.6. The van der Waals surface area contributed by atoms with Crippen molar-refractivity contribution in [3.8, 4) is 11.5 Å². The van der Waals surface area contributed by atoms with Crippen LogP contribution in [0.5, 0.6) is 0 Å². The first-order valence-electron chi connectivity index (χ1n) is 10.4. The van der Waals surface area contributed by atoms with Gasteiger partial charge in [0.15, 0.2) is 0 Å². The molecule has 2 N–H and O–H groups in total. The lowest BCUT2D eigenvalue weighted by atomic mass is 10.1. The molecule has 2 aromatic heterocycles. The van der Waals surface area contributed by atoms with Gasteiger partial charge in [0.05, 0.1) is 18.4 Å². The van der Waals surface area contributed by atoms with E-state index in [1.54, 1.807) is 6.20 Å². The highest BCUT2D eigenvalue weighted by atomic mass is 16.4. The van der Waals surface area contributed by atoms with Gasteiger partial charge in [0, 0.05) is 18.7 Å². The lowest BCUT2D eigenvalue weighted by molar-refractivity contribution is -0.137. The maximum absolute atomic E-state index is 13.1. The number of piperidine rings is 1. The van der Waals surface area contributed by atoms with Crippen molar-refractivity contribution in [2.75, 3.05) is 23.3 Å². The Balaban J connectivity index is 1.58. The number of aromatic nitrogens is 3. The highest BCUT2D eigenvalue weighted by Crippen LogP contribution is 2.24. The minimum Gasteiger partial charge on any atom is -0.480 e. The van der Waals surface area contributed by atoms with Gasteiger partial charge in [-0.15, -0.1) is 0 Å². The van der Waals surface area contributed by atoms with Gasteiger partial charge in [0.1, 0.15) is 18.0 Å². The second-order valence-corrected chi connectivity index (χ2v) is 7.60. The topological polar surface area (TPSA) is 113 Å². The molecular weight excluding hydrogens is 398 g/mol. The number of carboxylic acid groups (broad SMARTS) is 1. The molecule has 0 amide bonds. The maximum Gasteiger partial charge on any atom is 0.323 e. The van der Waals surface area contributed by atoms with E-state index in [9.17, 15) is 14.7 Å². The van der Waals surface area contributed by atoms with Gasteiger partial charge in [-0.05, 0) is 38.3 Å². The first-order valence-corrected chi connectivity index (χ1v) is 10.4. The second-order valence-electron chi connectivity index (χ2n) is 7.60. The molecule has 3 aromatic rings. The summed E-state index contributed by atoms with van der Waals surface area (Å²) in [7, 11) is 0. The number of hydrogen-bond acceptors (Lipinski definition) is 7. The van der Waals surface area contributed by atoms with Gasteiger partial charge in [0.25, 0.3) is 5.56 Å². The van der Waals surface area contributed by atoms with E-state index < -0.39 is 18.1 Å². The van der Waals surface area contributed by atoms with E-state index in [-0.39, 0.29) is 11.7 Å². The predicted molar refractivity (Wildman–Crippen MR) is 116 cm³/mol. The zero-order chi connectivity index (χ0) is 21.8. The monoisotopic (exact) mass is 423 g/mol. The summed E-state index contributed by atoms with van der Waals surface area (Å²) in [4.78, 5) is 35.2. The number of hydrogen-bond donors (Lipinski definition) is 2. The van der Waals surface area contributed by atoms with Crippen LogP contribution in [0.25, 0.3) is 11.5 Å². The van der Waals surface area contributed by atoms with Gasteiger partial charge < -0.3 is 19.7 Å². The normalized spacial score (nSPS) is 14.9. The summed E-state index contributed by atoms with van der Waals surface area (Å²) in [6.07, 6.45) is 6.20. The van der Waals surface area contributed by atoms with Crippen LogP contribution in [0.2, 0.25) is 0 Å². The van der Waals surface area contributed by atoms with Crippen molar-refractivity contribution in [1.82, 2.24) is 14.5 Å². The molecule has 0 unspecified atom stereocenters. The van der Waals surface area contributed by atoms with E-state index in [4.69, 9.17) is 4.42 Å². The number of rotatable bonds is 7. The molecule has 9 nitrogen and oxygen atoms in total. The van der Waals surface area contributed by atoms with E-state index in [1.807, 2.05) is 42.2 Å². The van der Waals surface area contributed by atoms with Crippen LogP contribution in [-0.4, -0.2) is 38.7 Å². The van der Waals surface area contributed by atoms with Crippen LogP contribution < -0.4 is 15.8 Å². The maximum atomic E-state index is 13.1. The Kier molecular flexibility index (Phi) is 6.01. The smallest absolute Gasteiger partial charge is 0.323 e. The average Bonchev–Trinajstić information content (AvgIpc) is 3.28. The lowest BCUT2D eigenvalue weighted by Gasteiger charge is -2.29. The summed E-state index contributed by atoms with van der Waals surface area (Å²) in [5.41, 5.74) is 0.650. The molecule has 1 fully saturated rings. The van der Waals surface area contributed by atoms with Crippen LogP contribution in [0, 0.1) is 0 Å². The van der Waals surface area contributed by atoms with Crippen LogP contribution in [0.15, 0.2) is 51.9 Å². The molecular formula is C22H25N5O4. The highest BCUT2D eigenvalue weighted by Gasteiger charge is 2.21. The van der Waals surface area contributed by atoms with Crippen LogP contribution in [0.3, 0.4) is 0 Å². The van der Waals surface area contributed by atoms with Crippen LogP contribution in [0.4, 0.5) is 11.6 Å². The van der Waals surface area contributed by atoms with Crippen molar-refractivity contribution in [3.05, 3.63) is 58.8 Å². The first-order chi connectivity index (χ1) is 15.0. The molecule has 31 heavy (non-hydrogen) atoms. The molecule has 1 aliphatic rings. The standard InChI is InChI=1S/C22H25N5O4/c1-15(18-13-23-20(31-18)16-8-4-2-5-9-16)25-17-12-24-22(26-10-6-3-7-11-26)27(21(17)30)14-19(28)29/h2,4-5,8-9,12-13,15,25H,3,6-7,10-11,14H2,1H3,(H,28,29)/t15-/m1/s1. The van der Waals surface area contributed by atoms with Crippen LogP contribution >= 0.6 is 0 Å². The van der Waals surface area contributed by atoms with Gasteiger partial charge in [0.2, 0.25) is 11.8 Å². The lowest BCUT2D eigenvalue weighted by Crippen LogP contribution is -2.38. The molecule has 1 saturated heterocycles. The van der Waals surface area contributed by atoms with Gasteiger partial charge in [-0.25, -0.2) is 9.97 Å². The quantitative estimate of drug-likeness (QED) is 0.596. The third kappa shape index (κ3) is 4.60. The molecule has 1 atom stereocenters. The van der Waals surface area contributed by atoms with Gasteiger partial charge in [-0.3, -0.25) is 14.2 Å². The third-order valence-electron chi connectivity index (χ3n) is 5.30. The molecule has 1 aromatic carbocycles. The van der Waals surface area contributed by atoms with E-state index in [1.165, 1.54) is 10.8 Å². The van der Waals surface area contributed by atoms with Crippen molar-refractivity contribution in [2.45, 2.75) is 38.8 Å². The van der Waals surface area contributed by atoms with Crippen molar-refractivity contribution in [3.63, 3.8) is 0 Å². The van der Waals surface area contributed by atoms with Crippen molar-refractivity contribution >= 4 is 17.6 Å². The molecule has 162 valence electrons. The number of aliphatic carboxylic acids is 1. The Morgan fingerprint density at radius 1 is 1.16 bits per heavy atom. The van der Waals surface area contributed by atoms with E-state index in [2.05, 4.69) is 15.3 Å². The molecule has 9 heteroatoms. The Hall–Kier alpha value is -3.62. The van der Waals surface area contributed by atoms with Crippen molar-refractivity contribution in [1.29, 1.82) is 0 Å². The average molecular weight is 423 g/mol. The minimum absolute atomic E-state index is 0.215. The summed E-state index contributed by atoms with van der Waals surface area (Å²) in [5, 5.41) is 12.4. The van der Waals surface area contributed by atoms with Gasteiger partial charge in [-0.2, -0.15) is 0 Å². The van der Waals surface area contributed by atoms with Gasteiger partial charge in [-0.1, -0.05) is 18.2 Å². The highest BCUT2D eigenvalue weighted by molar-refractivity contribution is 5.67. The second kappa shape index (κ2) is 9.03. The fourth-order valence-corrected chi connectivity index (χ4v) is 3.71. The molecule has 0 radical (unpaired) electrons. The van der Waals surface area contributed by atoms with Crippen molar-refractivity contribution in [2.24, 2.45) is 0 Å². The predicted octanol–water partition coefficient (Wildman–Crippen LogP) is 3.15. The summed E-state index contributed by atoms with van der Waals surface area (Å²) < 4.78 is 7.07. The number of nitrogens with zero attached hydrogens (tertiary/aromatic N) is 4. The summed E-state index contributed by atoms with van der Waals surface area (Å²) in [5.74, 6) is 0.362. The largest absolute Gasteiger partial charge is 0.480 e. The van der Waals surface area contributed by atoms with E-state index >= 15 is 0 Å². The molecule has 3 heterocycles. The number of carbonyl (C=O) groups is 1. The fraction of sp³-hybridized carbons (Fsp3) is 0.364. The number of oxazole rings is 1. The zero-order valence-corrected chi connectivity index (χ0v) is 17.3. The summed E-state index contributed by atoms with van der Waals surface area (Å²) >= 11 is 0. The Bertz CT molecular complexity index is 1100. The van der Waals surface area contributed by atoms with Crippen LogP contribution in [-0.2, 0) is 11.3 Å². The molecule has 0 bridgehead atoms. The molecule has 0 aliphatic carbocycles. The van der Waals surface area contributed by atoms with Crippen molar-refractivity contribution < 1.29 is 14.3 Å². The number of anilines is 2. The minimum atomic E-state index is -1.09. The van der Waals surface area contributed by atoms with E-state index in [0.29, 0.717) is 17.6 Å². The number of carboxylic acids is 1. The number of benzene rings is 1. The Morgan fingerprint density at radius 3 is 2.61 bits per heavy atom. The molecule has 1 aliphatic heterocycles. The number of nitrogens with one attached hydrogen (secondary N) is 1. The zero-order valence-electron chi connectivity index (χ0n) is 17.3. The Labute approximate surface area is 179 Å². The summed E-state index contributed by atoms with van der Waals surface area (Å²) in [6, 6.07) is 9.17. The summed E-state index contributed by atoms with van der Waals surface area (Å²) in [6.45, 7) is 2.92. The molecule has 0 spiro atoms. The van der Waals surface area contributed by atoms with E-state index in [0.717, 1.165) is 37.9 Å². The third-order valence-corrected chi connectivity index (χ3v) is 5.30. The molecule has 0 saturated carbocycles. The fourth-order valence-electron chi connectivity index (χ4n) is 3.71.